The van der Waals surface area contributed by atoms with Crippen molar-refractivity contribution in [1.29, 1.82) is 0 Å². The van der Waals surface area contributed by atoms with Gasteiger partial charge in [-0.15, -0.1) is 0 Å². The van der Waals surface area contributed by atoms with Crippen LogP contribution in [0.1, 0.15) is 26.3 Å². The molecule has 0 unspecified atom stereocenters. The molecule has 0 saturated heterocycles. The van der Waals surface area contributed by atoms with E-state index in [0.717, 1.165) is 23.8 Å². The van der Waals surface area contributed by atoms with Gasteiger partial charge < -0.3 is 15.0 Å². The highest BCUT2D eigenvalue weighted by atomic mass is 35.5. The number of nitrogens with zero attached hydrogens (tertiary/aromatic N) is 1. The molecule has 4 heteroatoms. The third kappa shape index (κ3) is 5.39. The van der Waals surface area contributed by atoms with Gasteiger partial charge >= 0.3 is 0 Å². The first kappa shape index (κ1) is 16.3. The number of methoxy groups -OCH3 is 1. The summed E-state index contributed by atoms with van der Waals surface area (Å²) in [6.07, 6.45) is 0. The van der Waals surface area contributed by atoms with E-state index in [0.29, 0.717) is 6.61 Å². The van der Waals surface area contributed by atoms with Gasteiger partial charge in [0.1, 0.15) is 0 Å². The fourth-order valence-corrected chi connectivity index (χ4v) is 2.17. The Morgan fingerprint density at radius 2 is 2.00 bits per heavy atom. The molecule has 19 heavy (non-hydrogen) atoms. The molecule has 0 radical (unpaired) electrons. The van der Waals surface area contributed by atoms with E-state index >= 15 is 0 Å². The summed E-state index contributed by atoms with van der Waals surface area (Å²) in [5.41, 5.74) is 2.38. The molecule has 0 bridgehead atoms. The second kappa shape index (κ2) is 7.13. The van der Waals surface area contributed by atoms with Gasteiger partial charge in [-0.05, 0) is 32.4 Å². The molecule has 0 aliphatic carbocycles. The summed E-state index contributed by atoms with van der Waals surface area (Å²) in [6.45, 7) is 8.79. The fraction of sp³-hybridized carbons (Fsp3) is 0.600. The number of halogens is 1. The fourth-order valence-electron chi connectivity index (χ4n) is 1.83. The number of likely N-dealkylation sites (N-methyl/N-ethyl adjacent to an activating group) is 1. The Labute approximate surface area is 121 Å². The lowest BCUT2D eigenvalue weighted by atomic mass is 10.1. The Hall–Kier alpha value is -0.770. The lowest BCUT2D eigenvalue weighted by molar-refractivity contribution is 0.206. The number of nitrogens with one attached hydrogen (secondary N) is 1. The van der Waals surface area contributed by atoms with Crippen LogP contribution in [0.5, 0.6) is 0 Å². The van der Waals surface area contributed by atoms with E-state index in [9.17, 15) is 0 Å². The molecule has 1 aromatic carbocycles. The SMILES string of the molecule is COCCN(C)c1c(Cl)cccc1CNC(C)(C)C. The van der Waals surface area contributed by atoms with Crippen LogP contribution in [-0.2, 0) is 11.3 Å². The van der Waals surface area contributed by atoms with Crippen molar-refractivity contribution in [1.82, 2.24) is 5.32 Å². The minimum absolute atomic E-state index is 0.0880. The molecule has 3 nitrogen and oxygen atoms in total. The minimum atomic E-state index is 0.0880. The van der Waals surface area contributed by atoms with Crippen LogP contribution < -0.4 is 10.2 Å². The number of anilines is 1. The molecule has 0 heterocycles. The summed E-state index contributed by atoms with van der Waals surface area (Å²) < 4.78 is 5.13. The van der Waals surface area contributed by atoms with Crippen LogP contribution in [0.25, 0.3) is 0 Å². The molecular weight excluding hydrogens is 260 g/mol. The summed E-state index contributed by atoms with van der Waals surface area (Å²) in [5, 5.41) is 4.28. The molecule has 0 saturated carbocycles. The predicted octanol–water partition coefficient (Wildman–Crippen LogP) is 3.31. The third-order valence-corrected chi connectivity index (χ3v) is 3.20. The predicted molar refractivity (Wildman–Crippen MR) is 83.2 cm³/mol. The first-order valence-electron chi connectivity index (χ1n) is 6.57. The lowest BCUT2D eigenvalue weighted by Gasteiger charge is -2.26. The molecule has 1 N–H and O–H groups in total. The zero-order valence-corrected chi connectivity index (χ0v) is 13.3. The standard InChI is InChI=1S/C15H25ClN2O/c1-15(2,3)17-11-12-7-6-8-13(16)14(12)18(4)9-10-19-5/h6-8,17H,9-11H2,1-5H3. The van der Waals surface area contributed by atoms with Crippen molar-refractivity contribution in [3.8, 4) is 0 Å². The number of rotatable bonds is 6. The topological polar surface area (TPSA) is 24.5 Å². The highest BCUT2D eigenvalue weighted by Gasteiger charge is 2.14. The molecular formula is C15H25ClN2O. The van der Waals surface area contributed by atoms with Crippen LogP contribution in [0.2, 0.25) is 5.02 Å². The summed E-state index contributed by atoms with van der Waals surface area (Å²) >= 11 is 6.34. The average molecular weight is 285 g/mol. The first-order valence-corrected chi connectivity index (χ1v) is 6.95. The Morgan fingerprint density at radius 1 is 1.32 bits per heavy atom. The molecule has 0 amide bonds. The van der Waals surface area contributed by atoms with Crippen LogP contribution in [-0.4, -0.2) is 32.8 Å². The van der Waals surface area contributed by atoms with Crippen molar-refractivity contribution in [3.05, 3.63) is 28.8 Å². The molecule has 0 aliphatic heterocycles. The Kier molecular flexibility index (Phi) is 6.11. The summed E-state index contributed by atoms with van der Waals surface area (Å²) in [6, 6.07) is 6.04. The van der Waals surface area contributed by atoms with Gasteiger partial charge in [-0.2, -0.15) is 0 Å². The highest BCUT2D eigenvalue weighted by molar-refractivity contribution is 6.33. The van der Waals surface area contributed by atoms with Crippen LogP contribution >= 0.6 is 11.6 Å². The number of hydrogen-bond acceptors (Lipinski definition) is 3. The maximum absolute atomic E-state index is 6.34. The summed E-state index contributed by atoms with van der Waals surface area (Å²) in [7, 11) is 3.75. The van der Waals surface area contributed by atoms with Crippen LogP contribution in [0.4, 0.5) is 5.69 Å². The number of para-hydroxylation sites is 1. The normalized spacial score (nSPS) is 11.7. The number of ether oxygens (including phenoxy) is 1. The van der Waals surface area contributed by atoms with Crippen molar-refractivity contribution in [2.75, 3.05) is 32.2 Å². The van der Waals surface area contributed by atoms with E-state index in [1.165, 1.54) is 5.56 Å². The minimum Gasteiger partial charge on any atom is -0.383 e. The zero-order chi connectivity index (χ0) is 14.5. The molecule has 0 atom stereocenters. The quantitative estimate of drug-likeness (QED) is 0.867. The van der Waals surface area contributed by atoms with Crippen molar-refractivity contribution in [2.45, 2.75) is 32.9 Å². The van der Waals surface area contributed by atoms with E-state index in [-0.39, 0.29) is 5.54 Å². The largest absolute Gasteiger partial charge is 0.383 e. The van der Waals surface area contributed by atoms with E-state index in [4.69, 9.17) is 16.3 Å². The third-order valence-electron chi connectivity index (χ3n) is 2.89. The second-order valence-electron chi connectivity index (χ2n) is 5.77. The van der Waals surface area contributed by atoms with E-state index < -0.39 is 0 Å². The number of benzene rings is 1. The molecule has 108 valence electrons. The molecule has 0 fully saturated rings. The molecule has 1 rings (SSSR count). The van der Waals surface area contributed by atoms with Gasteiger partial charge in [0.2, 0.25) is 0 Å². The van der Waals surface area contributed by atoms with Crippen molar-refractivity contribution in [2.24, 2.45) is 0 Å². The van der Waals surface area contributed by atoms with Crippen LogP contribution in [0.15, 0.2) is 18.2 Å². The van der Waals surface area contributed by atoms with Gasteiger partial charge in [-0.3, -0.25) is 0 Å². The second-order valence-corrected chi connectivity index (χ2v) is 6.17. The van der Waals surface area contributed by atoms with Crippen LogP contribution in [0, 0.1) is 0 Å². The van der Waals surface area contributed by atoms with Gasteiger partial charge in [-0.1, -0.05) is 23.7 Å². The van der Waals surface area contributed by atoms with Crippen molar-refractivity contribution >= 4 is 17.3 Å². The zero-order valence-electron chi connectivity index (χ0n) is 12.6. The maximum Gasteiger partial charge on any atom is 0.0642 e. The summed E-state index contributed by atoms with van der Waals surface area (Å²) in [4.78, 5) is 2.14. The van der Waals surface area contributed by atoms with Gasteiger partial charge in [0, 0.05) is 32.8 Å². The van der Waals surface area contributed by atoms with E-state index in [2.05, 4.69) is 37.1 Å². The molecule has 0 aliphatic rings. The smallest absolute Gasteiger partial charge is 0.0642 e. The molecule has 1 aromatic rings. The van der Waals surface area contributed by atoms with E-state index in [1.54, 1.807) is 7.11 Å². The Morgan fingerprint density at radius 3 is 2.58 bits per heavy atom. The average Bonchev–Trinajstić information content (AvgIpc) is 2.32. The van der Waals surface area contributed by atoms with Gasteiger partial charge in [0.05, 0.1) is 17.3 Å². The number of hydrogen-bond donors (Lipinski definition) is 1. The Bertz CT molecular complexity index is 402. The van der Waals surface area contributed by atoms with Gasteiger partial charge in [0.15, 0.2) is 0 Å². The van der Waals surface area contributed by atoms with Gasteiger partial charge in [0.25, 0.3) is 0 Å². The molecule has 0 aromatic heterocycles. The van der Waals surface area contributed by atoms with E-state index in [1.807, 2.05) is 19.2 Å². The Balaban J connectivity index is 2.88. The lowest BCUT2D eigenvalue weighted by Crippen LogP contribution is -2.35. The highest BCUT2D eigenvalue weighted by Crippen LogP contribution is 2.29. The summed E-state index contributed by atoms with van der Waals surface area (Å²) in [5.74, 6) is 0. The maximum atomic E-state index is 6.34. The van der Waals surface area contributed by atoms with Crippen molar-refractivity contribution < 1.29 is 4.74 Å². The van der Waals surface area contributed by atoms with Crippen LogP contribution in [0.3, 0.4) is 0 Å². The monoisotopic (exact) mass is 284 g/mol. The molecule has 0 spiro atoms. The first-order chi connectivity index (χ1) is 8.85. The van der Waals surface area contributed by atoms with Gasteiger partial charge in [-0.25, -0.2) is 0 Å². The van der Waals surface area contributed by atoms with Crippen molar-refractivity contribution in [3.63, 3.8) is 0 Å².